The van der Waals surface area contributed by atoms with Crippen molar-refractivity contribution >= 4 is 32.7 Å². The lowest BCUT2D eigenvalue weighted by Crippen LogP contribution is -2.21. The smallest absolute Gasteiger partial charge is 0.339 e. The number of nitrogens with two attached hydrogens (primary N) is 1. The van der Waals surface area contributed by atoms with E-state index in [1.165, 1.54) is 19.2 Å². The molecule has 0 aliphatic carbocycles. The molecule has 0 saturated carbocycles. The second-order valence-electron chi connectivity index (χ2n) is 7.87. The predicted molar refractivity (Wildman–Crippen MR) is 131 cm³/mol. The van der Waals surface area contributed by atoms with Gasteiger partial charge in [0.2, 0.25) is 15.8 Å². The Morgan fingerprint density at radius 1 is 1.03 bits per heavy atom. The summed E-state index contributed by atoms with van der Waals surface area (Å²) in [6.45, 7) is 2.02. The number of ether oxygens (including phenoxy) is 2. The highest BCUT2D eigenvalue weighted by atomic mass is 32.2. The molecule has 0 aliphatic heterocycles. The first kappa shape index (κ1) is 24.2. The van der Waals surface area contributed by atoms with Gasteiger partial charge in [0.15, 0.2) is 6.10 Å². The number of nitrogens with one attached hydrogen (secondary N) is 1. The number of sulfonamides is 1. The number of aromatic amines is 1. The van der Waals surface area contributed by atoms with Gasteiger partial charge < -0.3 is 14.5 Å². The Morgan fingerprint density at radius 2 is 1.77 bits per heavy atom. The second kappa shape index (κ2) is 9.73. The Morgan fingerprint density at radius 3 is 2.43 bits per heavy atom. The summed E-state index contributed by atoms with van der Waals surface area (Å²) < 4.78 is 34.6. The van der Waals surface area contributed by atoms with Gasteiger partial charge >= 0.3 is 5.97 Å². The monoisotopic (exact) mass is 492 g/mol. The average molecular weight is 493 g/mol. The zero-order chi connectivity index (χ0) is 25.2. The van der Waals surface area contributed by atoms with Crippen molar-refractivity contribution in [3.05, 3.63) is 95.2 Å². The van der Waals surface area contributed by atoms with Crippen LogP contribution < -0.4 is 9.88 Å². The minimum Gasteiger partial charge on any atom is -0.495 e. The minimum atomic E-state index is -4.17. The number of Topliss-reactive ketones (excluding diaryl/α,β-unsaturated/α-hetero) is 1. The lowest BCUT2D eigenvalue weighted by Gasteiger charge is -2.18. The number of carbonyl (C=O) groups excluding carboxylic acids is 2. The van der Waals surface area contributed by atoms with E-state index in [1.54, 1.807) is 36.5 Å². The summed E-state index contributed by atoms with van der Waals surface area (Å²) in [7, 11) is -2.88. The lowest BCUT2D eigenvalue weighted by atomic mass is 9.98. The van der Waals surface area contributed by atoms with Crippen LogP contribution in [0.2, 0.25) is 0 Å². The van der Waals surface area contributed by atoms with Crippen LogP contribution in [0.3, 0.4) is 0 Å². The number of aryl methyl sites for hydroxylation is 1. The lowest BCUT2D eigenvalue weighted by molar-refractivity contribution is 0.0280. The number of rotatable bonds is 8. The van der Waals surface area contributed by atoms with Crippen LogP contribution in [0.5, 0.6) is 5.75 Å². The van der Waals surface area contributed by atoms with Crippen molar-refractivity contribution in [2.45, 2.75) is 24.3 Å². The number of hydrogen-bond acceptors (Lipinski definition) is 6. The van der Waals surface area contributed by atoms with E-state index < -0.39 is 27.9 Å². The fourth-order valence-electron chi connectivity index (χ4n) is 3.96. The Bertz CT molecular complexity index is 1510. The molecule has 0 aliphatic rings. The first-order valence-electron chi connectivity index (χ1n) is 10.8. The molecule has 1 heterocycles. The van der Waals surface area contributed by atoms with Crippen LogP contribution in [-0.2, 0) is 21.2 Å². The highest BCUT2D eigenvalue weighted by Crippen LogP contribution is 2.30. The maximum atomic E-state index is 13.7. The Hall–Kier alpha value is -3.95. The van der Waals surface area contributed by atoms with Crippen molar-refractivity contribution in [2.24, 2.45) is 5.14 Å². The first-order valence-corrected chi connectivity index (χ1v) is 12.4. The molecule has 0 spiro atoms. The van der Waals surface area contributed by atoms with Gasteiger partial charge in [0.25, 0.3) is 0 Å². The molecule has 0 amide bonds. The van der Waals surface area contributed by atoms with Crippen LogP contribution in [0, 0.1) is 0 Å². The summed E-state index contributed by atoms with van der Waals surface area (Å²) in [5, 5.41) is 5.99. The van der Waals surface area contributed by atoms with Crippen LogP contribution in [0.1, 0.15) is 44.9 Å². The molecule has 4 rings (SSSR count). The molecule has 3 aromatic carbocycles. The first-order chi connectivity index (χ1) is 16.7. The minimum absolute atomic E-state index is 0.00902. The Balaban J connectivity index is 1.74. The Kier molecular flexibility index (Phi) is 6.72. The van der Waals surface area contributed by atoms with Crippen molar-refractivity contribution in [3.8, 4) is 5.75 Å². The zero-order valence-corrected chi connectivity index (χ0v) is 20.0. The average Bonchev–Trinajstić information content (AvgIpc) is 3.30. The van der Waals surface area contributed by atoms with E-state index in [2.05, 4.69) is 4.98 Å². The topological polar surface area (TPSA) is 129 Å². The third-order valence-corrected chi connectivity index (χ3v) is 6.65. The van der Waals surface area contributed by atoms with E-state index in [0.29, 0.717) is 11.1 Å². The number of esters is 1. The van der Waals surface area contributed by atoms with Gasteiger partial charge in [0.1, 0.15) is 10.6 Å². The van der Waals surface area contributed by atoms with Gasteiger partial charge in [-0.05, 0) is 30.2 Å². The normalized spacial score (nSPS) is 12.3. The number of primary sulfonamides is 1. The molecule has 0 bridgehead atoms. The number of fused-ring (bicyclic) bond motifs is 1. The van der Waals surface area contributed by atoms with Crippen molar-refractivity contribution in [3.63, 3.8) is 0 Å². The molecular formula is C26H24N2O6S. The van der Waals surface area contributed by atoms with E-state index in [9.17, 15) is 18.0 Å². The third kappa shape index (κ3) is 4.82. The molecule has 0 radical (unpaired) electrons. The molecule has 1 aromatic heterocycles. The van der Waals surface area contributed by atoms with Crippen LogP contribution in [0.4, 0.5) is 0 Å². The van der Waals surface area contributed by atoms with Crippen molar-refractivity contribution in [2.75, 3.05) is 7.11 Å². The van der Waals surface area contributed by atoms with Gasteiger partial charge in [0, 0.05) is 28.2 Å². The van der Waals surface area contributed by atoms with Gasteiger partial charge in [-0.3, -0.25) is 4.79 Å². The maximum Gasteiger partial charge on any atom is 0.339 e. The van der Waals surface area contributed by atoms with E-state index >= 15 is 0 Å². The highest BCUT2D eigenvalue weighted by molar-refractivity contribution is 7.89. The number of H-pyrrole nitrogens is 1. The highest BCUT2D eigenvalue weighted by Gasteiger charge is 2.29. The largest absolute Gasteiger partial charge is 0.495 e. The summed E-state index contributed by atoms with van der Waals surface area (Å²) >= 11 is 0. The number of benzene rings is 3. The summed E-state index contributed by atoms with van der Waals surface area (Å²) in [5.41, 5.74) is 2.69. The molecule has 8 nitrogen and oxygen atoms in total. The summed E-state index contributed by atoms with van der Waals surface area (Å²) in [6.07, 6.45) is 1.14. The fourth-order valence-corrected chi connectivity index (χ4v) is 4.68. The van der Waals surface area contributed by atoms with E-state index in [-0.39, 0.29) is 16.2 Å². The van der Waals surface area contributed by atoms with Crippen LogP contribution >= 0.6 is 0 Å². The molecule has 35 heavy (non-hydrogen) atoms. The number of ketones is 1. The second-order valence-corrected chi connectivity index (χ2v) is 9.40. The molecular weight excluding hydrogens is 468 g/mol. The number of aromatic nitrogens is 1. The Labute approximate surface area is 202 Å². The van der Waals surface area contributed by atoms with E-state index in [1.807, 2.05) is 25.1 Å². The van der Waals surface area contributed by atoms with Gasteiger partial charge in [-0.15, -0.1) is 0 Å². The maximum absolute atomic E-state index is 13.7. The van der Waals surface area contributed by atoms with E-state index in [0.717, 1.165) is 29.0 Å². The van der Waals surface area contributed by atoms with Crippen LogP contribution in [0.25, 0.3) is 10.9 Å². The summed E-state index contributed by atoms with van der Waals surface area (Å²) in [5.74, 6) is -1.30. The summed E-state index contributed by atoms with van der Waals surface area (Å²) in [4.78, 5) is 29.6. The van der Waals surface area contributed by atoms with Gasteiger partial charge in [-0.1, -0.05) is 55.5 Å². The number of hydrogen-bond donors (Lipinski definition) is 2. The molecule has 1 atom stereocenters. The van der Waals surface area contributed by atoms with Gasteiger partial charge in [0.05, 0.1) is 12.7 Å². The molecule has 4 aromatic rings. The zero-order valence-electron chi connectivity index (χ0n) is 19.1. The predicted octanol–water partition coefficient (Wildman–Crippen LogP) is 4.17. The van der Waals surface area contributed by atoms with Crippen molar-refractivity contribution in [1.29, 1.82) is 0 Å². The number of methoxy groups -OCH3 is 1. The van der Waals surface area contributed by atoms with Crippen LogP contribution in [-0.4, -0.2) is 32.3 Å². The van der Waals surface area contributed by atoms with Crippen molar-refractivity contribution in [1.82, 2.24) is 4.98 Å². The molecule has 0 fully saturated rings. The SMILES string of the molecule is CCc1cccc2c(C(=O)C(OC(=O)c3ccc(OC)c(S(N)(=O)=O)c3)c3ccccc3)c[nH]c12. The molecule has 9 heteroatoms. The molecule has 0 saturated heterocycles. The number of carbonyl (C=O) groups is 2. The summed E-state index contributed by atoms with van der Waals surface area (Å²) in [6, 6.07) is 18.1. The quantitative estimate of drug-likeness (QED) is 0.281. The fraction of sp³-hybridized carbons (Fsp3) is 0.154. The number of para-hydroxylation sites is 1. The molecule has 180 valence electrons. The van der Waals surface area contributed by atoms with Crippen molar-refractivity contribution < 1.29 is 27.5 Å². The standard InChI is InChI=1S/C26H24N2O6S/c1-3-16-10-7-11-19-20(15-28-23(16)19)24(29)25(17-8-5-4-6-9-17)34-26(30)18-12-13-21(33-2)22(14-18)35(27,31)32/h4-15,25,28H,3H2,1-2H3,(H2,27,31,32). The van der Waals surface area contributed by atoms with Gasteiger partial charge in [-0.25, -0.2) is 18.4 Å². The third-order valence-electron chi connectivity index (χ3n) is 5.72. The molecule has 1 unspecified atom stereocenters. The molecule has 3 N–H and O–H groups in total. The van der Waals surface area contributed by atoms with E-state index in [4.69, 9.17) is 14.6 Å². The van der Waals surface area contributed by atoms with Gasteiger partial charge in [-0.2, -0.15) is 0 Å². The van der Waals surface area contributed by atoms with Crippen LogP contribution in [0.15, 0.2) is 77.8 Å².